The molecule has 0 aliphatic rings. The summed E-state index contributed by atoms with van der Waals surface area (Å²) in [5, 5.41) is 12.3. The maximum Gasteiger partial charge on any atom is 0.475 e. The van der Waals surface area contributed by atoms with Gasteiger partial charge in [0.2, 0.25) is 0 Å². The van der Waals surface area contributed by atoms with Gasteiger partial charge in [0.05, 0.1) is 16.3 Å². The van der Waals surface area contributed by atoms with Crippen LogP contribution in [0.1, 0.15) is 12.5 Å². The number of anilines is 2. The van der Waals surface area contributed by atoms with Gasteiger partial charge in [0.1, 0.15) is 15.8 Å². The lowest BCUT2D eigenvalue weighted by molar-refractivity contribution is -0.0384. The number of hydrogen-bond donors (Lipinski definition) is 2. The number of halogens is 4. The summed E-state index contributed by atoms with van der Waals surface area (Å²) in [7, 11) is -7.09. The van der Waals surface area contributed by atoms with Gasteiger partial charge >= 0.3 is 5.51 Å². The lowest BCUT2D eigenvalue weighted by atomic mass is 10.2. The molecule has 1 aromatic heterocycles. The van der Waals surface area contributed by atoms with Crippen molar-refractivity contribution in [3.05, 3.63) is 35.0 Å². The number of hydrogen-bond acceptors (Lipinski definition) is 6. The Balaban J connectivity index is 2.60. The van der Waals surface area contributed by atoms with Crippen molar-refractivity contribution in [2.75, 3.05) is 11.1 Å². The molecule has 0 bridgehead atoms. The van der Waals surface area contributed by atoms with Crippen LogP contribution in [-0.2, 0) is 20.6 Å². The fourth-order valence-electron chi connectivity index (χ4n) is 2.23. The fraction of sp³-hybridized carbons (Fsp3) is 0.267. The van der Waals surface area contributed by atoms with Crippen molar-refractivity contribution >= 4 is 43.7 Å². The van der Waals surface area contributed by atoms with Gasteiger partial charge in [0.25, 0.3) is 0 Å². The van der Waals surface area contributed by atoms with Gasteiger partial charge < -0.3 is 10.4 Å². The summed E-state index contributed by atoms with van der Waals surface area (Å²) in [5.41, 5.74) is -5.02. The van der Waals surface area contributed by atoms with Gasteiger partial charge in [-0.1, -0.05) is 18.5 Å². The maximum atomic E-state index is 12.7. The van der Waals surface area contributed by atoms with Crippen LogP contribution in [0.4, 0.5) is 24.7 Å². The molecule has 27 heavy (non-hydrogen) atoms. The monoisotopic (exact) mass is 442 g/mol. The third-order valence-electron chi connectivity index (χ3n) is 3.46. The highest BCUT2D eigenvalue weighted by Gasteiger charge is 2.38. The van der Waals surface area contributed by atoms with Gasteiger partial charge in [0.15, 0.2) is 26.5 Å². The third kappa shape index (κ3) is 4.71. The normalized spacial score (nSPS) is 13.4. The zero-order chi connectivity index (χ0) is 20.6. The van der Waals surface area contributed by atoms with Crippen LogP contribution < -0.4 is 5.32 Å². The van der Waals surface area contributed by atoms with Crippen molar-refractivity contribution in [2.24, 2.45) is 0 Å². The minimum Gasteiger partial charge on any atom is -0.506 e. The molecule has 1 unspecified atom stereocenters. The molecule has 0 amide bonds. The molecule has 0 saturated carbocycles. The second-order valence-corrected chi connectivity index (χ2v) is 9.44. The number of alkyl halides is 3. The number of sulfone groups is 1. The fourth-order valence-corrected chi connectivity index (χ4v) is 4.40. The van der Waals surface area contributed by atoms with E-state index in [1.165, 1.54) is 19.9 Å². The minimum atomic E-state index is -4.99. The highest BCUT2D eigenvalue weighted by Crippen LogP contribution is 2.35. The number of phenols is 1. The van der Waals surface area contributed by atoms with Gasteiger partial charge in [-0.3, -0.25) is 0 Å². The third-order valence-corrected chi connectivity index (χ3v) is 6.66. The molecule has 2 N–H and O–H groups in total. The van der Waals surface area contributed by atoms with Crippen molar-refractivity contribution in [1.29, 1.82) is 0 Å². The molecule has 0 aliphatic heterocycles. The lowest BCUT2D eigenvalue weighted by Crippen LogP contribution is -2.16. The van der Waals surface area contributed by atoms with Gasteiger partial charge in [0, 0.05) is 0 Å². The van der Waals surface area contributed by atoms with E-state index in [1.807, 2.05) is 0 Å². The van der Waals surface area contributed by atoms with Crippen LogP contribution in [-0.4, -0.2) is 34.0 Å². The summed E-state index contributed by atoms with van der Waals surface area (Å²) in [5.74, 6) is -1.00. The second kappa shape index (κ2) is 7.64. The van der Waals surface area contributed by atoms with E-state index in [9.17, 15) is 30.9 Å². The topological polar surface area (TPSA) is 96.4 Å². The second-order valence-electron chi connectivity index (χ2n) is 5.36. The van der Waals surface area contributed by atoms with Gasteiger partial charge in [-0.25, -0.2) is 17.6 Å². The molecular formula is C15H14ClF3N2O4S2. The number of aromatic nitrogens is 1. The standard InChI is InChI=1S/C15H14ClF3N2O4S2/c1-3-27(24,25)13-8(2)6-12(16)21-14(13)20-10-7-9(4-5-11(10)22)26(23)15(17,18)19/h4-7,22H,3H2,1-2H3,(H,20,21). The number of rotatable bonds is 5. The van der Waals surface area contributed by atoms with Crippen molar-refractivity contribution < 1.29 is 30.9 Å². The largest absolute Gasteiger partial charge is 0.506 e. The predicted molar refractivity (Wildman–Crippen MR) is 95.6 cm³/mol. The Morgan fingerprint density at radius 1 is 1.30 bits per heavy atom. The van der Waals surface area contributed by atoms with Gasteiger partial charge in [-0.2, -0.15) is 13.2 Å². The van der Waals surface area contributed by atoms with E-state index in [-0.39, 0.29) is 32.9 Å². The predicted octanol–water partition coefficient (Wildman–Crippen LogP) is 3.91. The van der Waals surface area contributed by atoms with Crippen LogP contribution in [0, 0.1) is 6.92 Å². The van der Waals surface area contributed by atoms with Crippen LogP contribution in [0.5, 0.6) is 5.75 Å². The number of nitrogens with zero attached hydrogens (tertiary/aromatic N) is 1. The van der Waals surface area contributed by atoms with Crippen molar-refractivity contribution in [3.8, 4) is 5.75 Å². The summed E-state index contributed by atoms with van der Waals surface area (Å²) in [6.45, 7) is 2.90. The first-order valence-electron chi connectivity index (χ1n) is 7.35. The molecule has 6 nitrogen and oxygen atoms in total. The molecule has 2 aromatic rings. The molecular weight excluding hydrogens is 429 g/mol. The summed E-state index contributed by atoms with van der Waals surface area (Å²) < 4.78 is 74.2. The van der Waals surface area contributed by atoms with E-state index in [0.717, 1.165) is 18.2 Å². The average molecular weight is 443 g/mol. The molecule has 1 atom stereocenters. The molecule has 1 heterocycles. The zero-order valence-corrected chi connectivity index (χ0v) is 16.4. The molecule has 0 saturated heterocycles. The summed E-state index contributed by atoms with van der Waals surface area (Å²) in [4.78, 5) is 3.05. The van der Waals surface area contributed by atoms with Crippen molar-refractivity contribution in [1.82, 2.24) is 4.98 Å². The number of nitrogens with one attached hydrogen (secondary N) is 1. The first kappa shape index (κ1) is 21.5. The summed E-state index contributed by atoms with van der Waals surface area (Å²) >= 11 is 5.86. The van der Waals surface area contributed by atoms with E-state index in [2.05, 4.69) is 10.3 Å². The van der Waals surface area contributed by atoms with E-state index < -0.39 is 36.8 Å². The molecule has 0 fully saturated rings. The molecule has 12 heteroatoms. The van der Waals surface area contributed by atoms with Crippen molar-refractivity contribution in [3.63, 3.8) is 0 Å². The molecule has 0 aliphatic carbocycles. The molecule has 148 valence electrons. The van der Waals surface area contributed by atoms with Crippen molar-refractivity contribution in [2.45, 2.75) is 29.1 Å². The van der Waals surface area contributed by atoms with E-state index in [4.69, 9.17) is 11.6 Å². The number of benzene rings is 1. The van der Waals surface area contributed by atoms with Crippen LogP contribution >= 0.6 is 11.6 Å². The van der Waals surface area contributed by atoms with Gasteiger partial charge in [-0.05, 0) is 36.8 Å². The first-order valence-corrected chi connectivity index (χ1v) is 10.5. The van der Waals surface area contributed by atoms with Crippen LogP contribution in [0.25, 0.3) is 0 Å². The lowest BCUT2D eigenvalue weighted by Gasteiger charge is -2.15. The Morgan fingerprint density at radius 2 is 1.93 bits per heavy atom. The number of pyridine rings is 1. The summed E-state index contributed by atoms with van der Waals surface area (Å²) in [6.07, 6.45) is 0. The minimum absolute atomic E-state index is 0.0560. The Morgan fingerprint density at radius 3 is 2.48 bits per heavy atom. The Hall–Kier alpha value is -1.85. The van der Waals surface area contributed by atoms with Gasteiger partial charge in [-0.15, -0.1) is 0 Å². The van der Waals surface area contributed by atoms with E-state index in [0.29, 0.717) is 0 Å². The number of phenolic OH excluding ortho intramolecular Hbond substituents is 1. The van der Waals surface area contributed by atoms with Crippen LogP contribution in [0.15, 0.2) is 34.1 Å². The molecule has 0 radical (unpaired) electrons. The number of aryl methyl sites for hydroxylation is 1. The van der Waals surface area contributed by atoms with E-state index >= 15 is 0 Å². The maximum absolute atomic E-state index is 12.7. The molecule has 0 spiro atoms. The molecule has 1 aromatic carbocycles. The SMILES string of the molecule is CCS(=O)(=O)c1c(C)cc(Cl)nc1Nc1cc(S(=O)C(F)(F)F)ccc1O. The van der Waals surface area contributed by atoms with E-state index in [1.54, 1.807) is 0 Å². The highest BCUT2D eigenvalue weighted by atomic mass is 35.5. The van der Waals surface area contributed by atoms with Crippen LogP contribution in [0.3, 0.4) is 0 Å². The molecule has 2 rings (SSSR count). The Bertz CT molecular complexity index is 1010. The highest BCUT2D eigenvalue weighted by molar-refractivity contribution is 7.91. The number of aromatic hydroxyl groups is 1. The van der Waals surface area contributed by atoms with Crippen LogP contribution in [0.2, 0.25) is 5.15 Å². The zero-order valence-electron chi connectivity index (χ0n) is 14.0. The smallest absolute Gasteiger partial charge is 0.475 e. The Kier molecular flexibility index (Phi) is 6.07. The Labute approximate surface area is 160 Å². The first-order chi connectivity index (χ1) is 12.4. The quantitative estimate of drug-likeness (QED) is 0.538. The average Bonchev–Trinajstić information content (AvgIpc) is 2.54. The summed E-state index contributed by atoms with van der Waals surface area (Å²) in [6, 6.07) is 3.89.